The van der Waals surface area contributed by atoms with Crippen LogP contribution in [0, 0.1) is 5.92 Å². The molecule has 2 heterocycles. The Morgan fingerprint density at radius 2 is 1.64 bits per heavy atom. The van der Waals surface area contributed by atoms with Crippen molar-refractivity contribution in [3.63, 3.8) is 0 Å². The molecule has 0 spiro atoms. The van der Waals surface area contributed by atoms with Crippen LogP contribution in [0.25, 0.3) is 16.9 Å². The van der Waals surface area contributed by atoms with Gasteiger partial charge in [-0.05, 0) is 31.5 Å². The second-order valence-electron chi connectivity index (χ2n) is 7.26. The van der Waals surface area contributed by atoms with E-state index in [1.165, 1.54) is 0 Å². The highest BCUT2D eigenvalue weighted by atomic mass is 19.4. The van der Waals surface area contributed by atoms with Crippen LogP contribution in [-0.2, 0) is 6.54 Å². The summed E-state index contributed by atoms with van der Waals surface area (Å²) in [7, 11) is 0. The molecular formula is C22H22F3N3. The summed E-state index contributed by atoms with van der Waals surface area (Å²) in [5, 5.41) is 4.75. The monoisotopic (exact) mass is 385 g/mol. The van der Waals surface area contributed by atoms with Gasteiger partial charge in [0.25, 0.3) is 0 Å². The van der Waals surface area contributed by atoms with Crippen LogP contribution in [0.5, 0.6) is 0 Å². The maximum atomic E-state index is 13.2. The predicted octanol–water partition coefficient (Wildman–Crippen LogP) is 5.31. The average Bonchev–Trinajstić information content (AvgIpc) is 3.13. The standard InChI is InChI=1S/C22H22F3N3/c23-22(24,25)19-10-7-13-27(16-19)14-18-15-28(20-11-5-2-6-12-20)26-21(18)17-8-3-1-4-9-17/h1-6,8-9,11-12,15,19H,7,10,13-14,16H2. The molecule has 3 nitrogen and oxygen atoms in total. The summed E-state index contributed by atoms with van der Waals surface area (Å²) in [4.78, 5) is 1.90. The summed E-state index contributed by atoms with van der Waals surface area (Å²) in [6.45, 7) is 1.19. The molecule has 1 fully saturated rings. The predicted molar refractivity (Wildman–Crippen MR) is 103 cm³/mol. The van der Waals surface area contributed by atoms with E-state index in [1.807, 2.05) is 76.4 Å². The van der Waals surface area contributed by atoms with Gasteiger partial charge in [0, 0.05) is 30.4 Å². The van der Waals surface area contributed by atoms with Crippen LogP contribution >= 0.6 is 0 Å². The molecule has 0 amide bonds. The van der Waals surface area contributed by atoms with Crippen LogP contribution in [0.15, 0.2) is 66.9 Å². The van der Waals surface area contributed by atoms with Gasteiger partial charge >= 0.3 is 6.18 Å². The number of aromatic nitrogens is 2. The fourth-order valence-electron chi connectivity index (χ4n) is 3.78. The maximum absolute atomic E-state index is 13.2. The Bertz CT molecular complexity index is 904. The van der Waals surface area contributed by atoms with Gasteiger partial charge in [0.15, 0.2) is 0 Å². The van der Waals surface area contributed by atoms with Gasteiger partial charge in [-0.15, -0.1) is 0 Å². The quantitative estimate of drug-likeness (QED) is 0.607. The van der Waals surface area contributed by atoms with E-state index < -0.39 is 12.1 Å². The van der Waals surface area contributed by atoms with E-state index in [9.17, 15) is 13.2 Å². The van der Waals surface area contributed by atoms with Gasteiger partial charge in [-0.25, -0.2) is 4.68 Å². The first-order valence-corrected chi connectivity index (χ1v) is 9.49. The highest BCUT2D eigenvalue weighted by Gasteiger charge is 2.41. The number of para-hydroxylation sites is 1. The lowest BCUT2D eigenvalue weighted by molar-refractivity contribution is -0.187. The van der Waals surface area contributed by atoms with Crippen LogP contribution < -0.4 is 0 Å². The summed E-state index contributed by atoms with van der Waals surface area (Å²) in [6, 6.07) is 19.5. The van der Waals surface area contributed by atoms with Gasteiger partial charge < -0.3 is 0 Å². The fourth-order valence-corrected chi connectivity index (χ4v) is 3.78. The van der Waals surface area contributed by atoms with E-state index in [4.69, 9.17) is 5.10 Å². The number of piperidine rings is 1. The fraction of sp³-hybridized carbons (Fsp3) is 0.318. The van der Waals surface area contributed by atoms with E-state index in [2.05, 4.69) is 0 Å². The number of nitrogens with zero attached hydrogens (tertiary/aromatic N) is 3. The van der Waals surface area contributed by atoms with Gasteiger partial charge in [-0.1, -0.05) is 48.5 Å². The first kappa shape index (κ1) is 18.7. The Morgan fingerprint density at radius 1 is 0.964 bits per heavy atom. The van der Waals surface area contributed by atoms with Gasteiger partial charge in [0.1, 0.15) is 0 Å². The summed E-state index contributed by atoms with van der Waals surface area (Å²) < 4.78 is 41.3. The van der Waals surface area contributed by atoms with Crippen molar-refractivity contribution in [3.8, 4) is 16.9 Å². The minimum absolute atomic E-state index is 0.0498. The van der Waals surface area contributed by atoms with Crippen molar-refractivity contribution in [2.75, 3.05) is 13.1 Å². The van der Waals surface area contributed by atoms with Gasteiger partial charge in [0.05, 0.1) is 17.3 Å². The smallest absolute Gasteiger partial charge is 0.298 e. The minimum Gasteiger partial charge on any atom is -0.298 e. The molecule has 28 heavy (non-hydrogen) atoms. The van der Waals surface area contributed by atoms with Crippen molar-refractivity contribution in [1.29, 1.82) is 0 Å². The zero-order chi connectivity index (χ0) is 19.6. The first-order valence-electron chi connectivity index (χ1n) is 9.49. The average molecular weight is 385 g/mol. The molecule has 0 radical (unpaired) electrons. The van der Waals surface area contributed by atoms with Crippen molar-refractivity contribution < 1.29 is 13.2 Å². The minimum atomic E-state index is -4.13. The number of benzene rings is 2. The molecule has 0 saturated carbocycles. The lowest BCUT2D eigenvalue weighted by Gasteiger charge is -2.33. The topological polar surface area (TPSA) is 21.1 Å². The number of alkyl halides is 3. The molecule has 6 heteroatoms. The molecule has 1 unspecified atom stereocenters. The highest BCUT2D eigenvalue weighted by molar-refractivity contribution is 5.63. The van der Waals surface area contributed by atoms with Crippen molar-refractivity contribution >= 4 is 0 Å². The van der Waals surface area contributed by atoms with Crippen molar-refractivity contribution in [3.05, 3.63) is 72.4 Å². The number of rotatable bonds is 4. The highest BCUT2D eigenvalue weighted by Crippen LogP contribution is 2.34. The molecule has 3 aromatic rings. The van der Waals surface area contributed by atoms with Crippen LogP contribution in [0.3, 0.4) is 0 Å². The SMILES string of the molecule is FC(F)(F)C1CCCN(Cc2cn(-c3ccccc3)nc2-c2ccccc2)C1. The lowest BCUT2D eigenvalue weighted by atomic mass is 9.97. The maximum Gasteiger partial charge on any atom is 0.393 e. The molecule has 1 atom stereocenters. The van der Waals surface area contributed by atoms with E-state index in [0.717, 1.165) is 22.5 Å². The molecule has 0 bridgehead atoms. The van der Waals surface area contributed by atoms with Crippen molar-refractivity contribution in [1.82, 2.24) is 14.7 Å². The molecular weight excluding hydrogens is 363 g/mol. The molecule has 1 aliphatic rings. The Kier molecular flexibility index (Phi) is 5.22. The Hall–Kier alpha value is -2.60. The third kappa shape index (κ3) is 4.12. The molecule has 0 N–H and O–H groups in total. The second kappa shape index (κ2) is 7.80. The number of likely N-dealkylation sites (tertiary alicyclic amines) is 1. The summed E-state index contributed by atoms with van der Waals surface area (Å²) >= 11 is 0. The van der Waals surface area contributed by atoms with Crippen molar-refractivity contribution in [2.45, 2.75) is 25.6 Å². The summed E-state index contributed by atoms with van der Waals surface area (Å²) in [5.41, 5.74) is 3.66. The number of hydrogen-bond donors (Lipinski definition) is 0. The van der Waals surface area contributed by atoms with E-state index in [1.54, 1.807) is 0 Å². The van der Waals surface area contributed by atoms with E-state index >= 15 is 0 Å². The van der Waals surface area contributed by atoms with Crippen LogP contribution in [0.2, 0.25) is 0 Å². The van der Waals surface area contributed by atoms with Gasteiger partial charge in [-0.2, -0.15) is 18.3 Å². The molecule has 1 saturated heterocycles. The molecule has 1 aromatic heterocycles. The largest absolute Gasteiger partial charge is 0.393 e. The molecule has 0 aliphatic carbocycles. The van der Waals surface area contributed by atoms with Gasteiger partial charge in [-0.3, -0.25) is 4.90 Å². The zero-order valence-electron chi connectivity index (χ0n) is 15.4. The third-order valence-electron chi connectivity index (χ3n) is 5.22. The van der Waals surface area contributed by atoms with E-state index in [-0.39, 0.29) is 13.0 Å². The zero-order valence-corrected chi connectivity index (χ0v) is 15.4. The summed E-state index contributed by atoms with van der Waals surface area (Å²) in [6.07, 6.45) is -1.41. The molecule has 2 aromatic carbocycles. The number of hydrogen-bond acceptors (Lipinski definition) is 2. The van der Waals surface area contributed by atoms with E-state index in [0.29, 0.717) is 19.5 Å². The second-order valence-corrected chi connectivity index (χ2v) is 7.26. The Labute approximate surface area is 162 Å². The normalized spacial score (nSPS) is 18.3. The van der Waals surface area contributed by atoms with Gasteiger partial charge in [0.2, 0.25) is 0 Å². The Morgan fingerprint density at radius 3 is 2.32 bits per heavy atom. The lowest BCUT2D eigenvalue weighted by Crippen LogP contribution is -2.41. The Balaban J connectivity index is 1.65. The molecule has 146 valence electrons. The first-order chi connectivity index (χ1) is 13.5. The van der Waals surface area contributed by atoms with Crippen molar-refractivity contribution in [2.24, 2.45) is 5.92 Å². The van der Waals surface area contributed by atoms with Crippen LogP contribution in [0.4, 0.5) is 13.2 Å². The number of halogens is 3. The molecule has 1 aliphatic heterocycles. The molecule has 4 rings (SSSR count). The van der Waals surface area contributed by atoms with Crippen LogP contribution in [-0.4, -0.2) is 33.9 Å². The summed E-state index contributed by atoms with van der Waals surface area (Å²) in [5.74, 6) is -1.24. The third-order valence-corrected chi connectivity index (χ3v) is 5.22. The van der Waals surface area contributed by atoms with Crippen LogP contribution in [0.1, 0.15) is 18.4 Å².